The molecule has 1 heterocycles. The van der Waals surface area contributed by atoms with Gasteiger partial charge >= 0.3 is 0 Å². The number of aliphatic hydroxyl groups excluding tert-OH is 1. The summed E-state index contributed by atoms with van der Waals surface area (Å²) in [4.78, 5) is 15.8. The zero-order valence-corrected chi connectivity index (χ0v) is 14.5. The zero-order valence-electron chi connectivity index (χ0n) is 13.7. The lowest BCUT2D eigenvalue weighted by Gasteiger charge is -2.27. The number of aliphatic hydroxyl groups is 1. The van der Waals surface area contributed by atoms with E-state index in [0.717, 1.165) is 24.9 Å². The number of nitrogens with zero attached hydrogens (tertiary/aromatic N) is 2. The number of rotatable bonds is 7. The van der Waals surface area contributed by atoms with Crippen LogP contribution in [0.3, 0.4) is 0 Å². The monoisotopic (exact) mass is 340 g/mol. The van der Waals surface area contributed by atoms with Crippen molar-refractivity contribution in [1.29, 1.82) is 0 Å². The minimum absolute atomic E-state index is 0.108. The molecule has 1 amide bonds. The molecule has 1 fully saturated rings. The molecule has 0 aromatic heterocycles. The Balaban J connectivity index is 1.74. The highest BCUT2D eigenvalue weighted by molar-refractivity contribution is 6.30. The van der Waals surface area contributed by atoms with Gasteiger partial charge in [0.1, 0.15) is 0 Å². The first-order valence-electron chi connectivity index (χ1n) is 7.93. The van der Waals surface area contributed by atoms with E-state index in [0.29, 0.717) is 18.2 Å². The minimum atomic E-state index is -0.599. The van der Waals surface area contributed by atoms with Crippen LogP contribution in [0, 0.1) is 0 Å². The number of β-amino-alcohol motifs (C(OH)–C–C–N with tert-alkyl or cyclic N) is 1. The normalized spacial score (nSPS) is 19.7. The van der Waals surface area contributed by atoms with Gasteiger partial charge in [0.25, 0.3) is 0 Å². The molecule has 23 heavy (non-hydrogen) atoms. The molecule has 128 valence electrons. The molecule has 0 radical (unpaired) electrons. The second-order valence-corrected chi connectivity index (χ2v) is 6.62. The van der Waals surface area contributed by atoms with Gasteiger partial charge < -0.3 is 14.7 Å². The Kier molecular flexibility index (Phi) is 6.84. The predicted molar refractivity (Wildman–Crippen MR) is 90.4 cm³/mol. The second-order valence-electron chi connectivity index (χ2n) is 6.18. The Morgan fingerprint density at radius 1 is 1.43 bits per heavy atom. The summed E-state index contributed by atoms with van der Waals surface area (Å²) in [7, 11) is 3.54. The third kappa shape index (κ3) is 5.46. The van der Waals surface area contributed by atoms with Crippen LogP contribution in [-0.4, -0.2) is 66.8 Å². The van der Waals surface area contributed by atoms with Crippen molar-refractivity contribution in [3.8, 4) is 0 Å². The summed E-state index contributed by atoms with van der Waals surface area (Å²) in [5, 5.41) is 10.9. The molecule has 1 N–H and O–H groups in total. The summed E-state index contributed by atoms with van der Waals surface area (Å²) in [5.74, 6) is 0.108. The van der Waals surface area contributed by atoms with Gasteiger partial charge in [-0.15, -0.1) is 0 Å². The fourth-order valence-corrected chi connectivity index (χ4v) is 2.97. The summed E-state index contributed by atoms with van der Waals surface area (Å²) in [6.07, 6.45) is 1.25. The molecule has 0 aliphatic carbocycles. The predicted octanol–water partition coefficient (Wildman–Crippen LogP) is 1.77. The highest BCUT2D eigenvalue weighted by atomic mass is 35.5. The van der Waals surface area contributed by atoms with Crippen molar-refractivity contribution in [2.75, 3.05) is 33.8 Å². The van der Waals surface area contributed by atoms with Gasteiger partial charge in [0.15, 0.2) is 0 Å². The summed E-state index contributed by atoms with van der Waals surface area (Å²) in [6, 6.07) is 7.33. The van der Waals surface area contributed by atoms with Crippen molar-refractivity contribution in [2.45, 2.75) is 31.6 Å². The van der Waals surface area contributed by atoms with Crippen LogP contribution in [0.5, 0.6) is 0 Å². The van der Waals surface area contributed by atoms with Crippen molar-refractivity contribution in [1.82, 2.24) is 9.80 Å². The maximum absolute atomic E-state index is 12.1. The number of carbonyl (C=O) groups excluding carboxylic acids is 1. The summed E-state index contributed by atoms with van der Waals surface area (Å²) in [5.41, 5.74) is 1.02. The number of likely N-dealkylation sites (tertiary alicyclic amines) is 1. The van der Waals surface area contributed by atoms with Crippen LogP contribution in [0.15, 0.2) is 24.3 Å². The van der Waals surface area contributed by atoms with Gasteiger partial charge in [-0.2, -0.15) is 0 Å². The first-order valence-corrected chi connectivity index (χ1v) is 8.30. The molecule has 1 saturated heterocycles. The van der Waals surface area contributed by atoms with Gasteiger partial charge in [0.05, 0.1) is 25.4 Å². The standard InChI is InChI=1S/C17H25ClN2O3/c1-19(2)17(22)16-4-3-9-20(16)10-15(21)12-23-11-13-5-7-14(18)8-6-13/h5-8,15-16,21H,3-4,9-12H2,1-2H3. The molecule has 2 atom stereocenters. The van der Waals surface area contributed by atoms with E-state index >= 15 is 0 Å². The summed E-state index contributed by atoms with van der Waals surface area (Å²) < 4.78 is 5.56. The van der Waals surface area contributed by atoms with Crippen LogP contribution < -0.4 is 0 Å². The van der Waals surface area contributed by atoms with Gasteiger partial charge in [-0.3, -0.25) is 9.69 Å². The van der Waals surface area contributed by atoms with E-state index in [9.17, 15) is 9.90 Å². The fourth-order valence-electron chi connectivity index (χ4n) is 2.84. The van der Waals surface area contributed by atoms with Crippen LogP contribution in [0.2, 0.25) is 5.02 Å². The quantitative estimate of drug-likeness (QED) is 0.822. The van der Waals surface area contributed by atoms with Gasteiger partial charge in [0, 0.05) is 25.7 Å². The number of likely N-dealkylation sites (N-methyl/N-ethyl adjacent to an activating group) is 1. The molecule has 1 aliphatic rings. The van der Waals surface area contributed by atoms with Crippen molar-refractivity contribution >= 4 is 17.5 Å². The molecule has 1 aromatic carbocycles. The Morgan fingerprint density at radius 3 is 2.78 bits per heavy atom. The van der Waals surface area contributed by atoms with Crippen molar-refractivity contribution < 1.29 is 14.6 Å². The lowest BCUT2D eigenvalue weighted by Crippen LogP contribution is -2.46. The van der Waals surface area contributed by atoms with Crippen molar-refractivity contribution in [2.24, 2.45) is 0 Å². The topological polar surface area (TPSA) is 53.0 Å². The van der Waals surface area contributed by atoms with E-state index in [1.165, 1.54) is 0 Å². The van der Waals surface area contributed by atoms with Gasteiger partial charge in [-0.25, -0.2) is 0 Å². The number of halogens is 1. The molecule has 6 heteroatoms. The molecule has 5 nitrogen and oxygen atoms in total. The number of hydrogen-bond donors (Lipinski definition) is 1. The average Bonchev–Trinajstić information content (AvgIpc) is 2.96. The van der Waals surface area contributed by atoms with Gasteiger partial charge in [-0.1, -0.05) is 23.7 Å². The maximum Gasteiger partial charge on any atom is 0.239 e. The van der Waals surface area contributed by atoms with Crippen LogP contribution in [0.4, 0.5) is 0 Å². The number of ether oxygens (including phenoxy) is 1. The Bertz CT molecular complexity index is 507. The number of hydrogen-bond acceptors (Lipinski definition) is 4. The Hall–Kier alpha value is -1.14. The van der Waals surface area contributed by atoms with E-state index in [-0.39, 0.29) is 18.6 Å². The van der Waals surface area contributed by atoms with E-state index in [1.54, 1.807) is 19.0 Å². The zero-order chi connectivity index (χ0) is 16.8. The highest BCUT2D eigenvalue weighted by Crippen LogP contribution is 2.19. The molecule has 1 aromatic rings. The Morgan fingerprint density at radius 2 is 2.13 bits per heavy atom. The molecule has 0 spiro atoms. The maximum atomic E-state index is 12.1. The summed E-state index contributed by atoms with van der Waals surface area (Å²) in [6.45, 7) is 2.00. The third-order valence-electron chi connectivity index (χ3n) is 4.03. The van der Waals surface area contributed by atoms with Crippen LogP contribution in [0.25, 0.3) is 0 Å². The van der Waals surface area contributed by atoms with E-state index in [1.807, 2.05) is 24.3 Å². The molecule has 2 rings (SSSR count). The van der Waals surface area contributed by atoms with Crippen LogP contribution >= 0.6 is 11.6 Å². The van der Waals surface area contributed by atoms with E-state index < -0.39 is 6.10 Å². The van der Waals surface area contributed by atoms with E-state index in [2.05, 4.69) is 4.90 Å². The Labute approximate surface area is 142 Å². The SMILES string of the molecule is CN(C)C(=O)C1CCCN1CC(O)COCc1ccc(Cl)cc1. The fraction of sp³-hybridized carbons (Fsp3) is 0.588. The molecule has 0 bridgehead atoms. The molecule has 2 unspecified atom stereocenters. The second kappa shape index (κ2) is 8.64. The van der Waals surface area contributed by atoms with Crippen LogP contribution in [0.1, 0.15) is 18.4 Å². The van der Waals surface area contributed by atoms with Crippen molar-refractivity contribution in [3.63, 3.8) is 0 Å². The largest absolute Gasteiger partial charge is 0.389 e. The molecule has 1 aliphatic heterocycles. The van der Waals surface area contributed by atoms with Gasteiger partial charge in [0.2, 0.25) is 5.91 Å². The highest BCUT2D eigenvalue weighted by Gasteiger charge is 2.32. The lowest BCUT2D eigenvalue weighted by atomic mass is 10.2. The lowest BCUT2D eigenvalue weighted by molar-refractivity contribution is -0.134. The molecular weight excluding hydrogens is 316 g/mol. The average molecular weight is 341 g/mol. The first-order chi connectivity index (χ1) is 11.0. The number of benzene rings is 1. The van der Waals surface area contributed by atoms with Crippen molar-refractivity contribution in [3.05, 3.63) is 34.9 Å². The van der Waals surface area contributed by atoms with E-state index in [4.69, 9.17) is 16.3 Å². The smallest absolute Gasteiger partial charge is 0.239 e. The summed E-state index contributed by atoms with van der Waals surface area (Å²) >= 11 is 5.84. The third-order valence-corrected chi connectivity index (χ3v) is 4.28. The minimum Gasteiger partial charge on any atom is -0.389 e. The van der Waals surface area contributed by atoms with Gasteiger partial charge in [-0.05, 0) is 37.1 Å². The number of amides is 1. The molecular formula is C17H25ClN2O3. The molecule has 0 saturated carbocycles. The van der Waals surface area contributed by atoms with Crippen LogP contribution in [-0.2, 0) is 16.1 Å². The first kappa shape index (κ1) is 18.2. The number of carbonyl (C=O) groups is 1.